The lowest BCUT2D eigenvalue weighted by atomic mass is 9.83. The van der Waals surface area contributed by atoms with Crippen molar-refractivity contribution < 1.29 is 13.9 Å². The van der Waals surface area contributed by atoms with Gasteiger partial charge in [0, 0.05) is 24.9 Å². The van der Waals surface area contributed by atoms with E-state index in [0.29, 0.717) is 16.3 Å². The second kappa shape index (κ2) is 7.02. The summed E-state index contributed by atoms with van der Waals surface area (Å²) in [5.74, 6) is 3.32. The van der Waals surface area contributed by atoms with E-state index < -0.39 is 17.6 Å². The highest BCUT2D eigenvalue weighted by Gasteiger charge is 2.59. The molecule has 2 fully saturated rings. The summed E-state index contributed by atoms with van der Waals surface area (Å²) in [4.78, 5) is 4.09. The number of aliphatic hydroxyl groups is 1. The summed E-state index contributed by atoms with van der Waals surface area (Å²) in [6.45, 7) is 1.86. The summed E-state index contributed by atoms with van der Waals surface area (Å²) in [7, 11) is 0. The standard InChI is InChI=1S/C20H21ClF2N4O/c1-19(28)6-4-15(5-7-19)26-16-8-18(21)24-11-14(16)3-2-13-10-25-27(12-13)17-9-20(17,22)23/h8,10-12,15,17,28H,4-7,9H2,1H3,(H,24,26)/t15?,17-,19?/m0/s1. The molecule has 0 saturated heterocycles. The van der Waals surface area contributed by atoms with Crippen molar-refractivity contribution in [2.24, 2.45) is 0 Å². The van der Waals surface area contributed by atoms with E-state index in [1.54, 1.807) is 12.3 Å². The van der Waals surface area contributed by atoms with E-state index in [-0.39, 0.29) is 12.5 Å². The van der Waals surface area contributed by atoms with Crippen LogP contribution in [0.15, 0.2) is 24.7 Å². The Balaban J connectivity index is 1.49. The third-order valence-electron chi connectivity index (χ3n) is 5.35. The van der Waals surface area contributed by atoms with E-state index in [1.165, 1.54) is 17.1 Å². The number of hydrogen-bond acceptors (Lipinski definition) is 4. The number of alkyl halides is 2. The lowest BCUT2D eigenvalue weighted by Gasteiger charge is -2.34. The third kappa shape index (κ3) is 4.29. The summed E-state index contributed by atoms with van der Waals surface area (Å²) in [5.41, 5.74) is 1.42. The van der Waals surface area contributed by atoms with Crippen LogP contribution < -0.4 is 5.32 Å². The van der Waals surface area contributed by atoms with Gasteiger partial charge in [0.2, 0.25) is 0 Å². The molecule has 8 heteroatoms. The minimum absolute atomic E-state index is 0.176. The normalized spacial score (nSPS) is 28.3. The Kier molecular flexibility index (Phi) is 4.80. The van der Waals surface area contributed by atoms with Crippen molar-refractivity contribution in [3.05, 3.63) is 40.9 Å². The summed E-state index contributed by atoms with van der Waals surface area (Å²) in [6.07, 6.45) is 7.61. The maximum atomic E-state index is 13.2. The van der Waals surface area contributed by atoms with Crippen LogP contribution in [0.25, 0.3) is 0 Å². The fourth-order valence-corrected chi connectivity index (χ4v) is 3.61. The topological polar surface area (TPSA) is 63.0 Å². The molecule has 2 aromatic heterocycles. The van der Waals surface area contributed by atoms with Crippen LogP contribution in [-0.2, 0) is 0 Å². The molecule has 5 nitrogen and oxygen atoms in total. The molecule has 0 aromatic carbocycles. The summed E-state index contributed by atoms with van der Waals surface area (Å²) >= 11 is 6.05. The van der Waals surface area contributed by atoms with E-state index in [9.17, 15) is 13.9 Å². The Morgan fingerprint density at radius 1 is 1.29 bits per heavy atom. The van der Waals surface area contributed by atoms with Gasteiger partial charge < -0.3 is 10.4 Å². The maximum Gasteiger partial charge on any atom is 0.272 e. The second-order valence-corrected chi connectivity index (χ2v) is 8.30. The van der Waals surface area contributed by atoms with Crippen LogP contribution in [-0.4, -0.2) is 37.4 Å². The zero-order chi connectivity index (χ0) is 19.9. The molecule has 1 atom stereocenters. The smallest absolute Gasteiger partial charge is 0.272 e. The van der Waals surface area contributed by atoms with Gasteiger partial charge in [-0.1, -0.05) is 23.4 Å². The highest BCUT2D eigenvalue weighted by molar-refractivity contribution is 6.29. The molecule has 28 heavy (non-hydrogen) atoms. The minimum atomic E-state index is -2.67. The maximum absolute atomic E-state index is 13.2. The van der Waals surface area contributed by atoms with E-state index in [2.05, 4.69) is 27.2 Å². The van der Waals surface area contributed by atoms with Crippen LogP contribution in [0.2, 0.25) is 5.15 Å². The van der Waals surface area contributed by atoms with Crippen molar-refractivity contribution in [3.63, 3.8) is 0 Å². The Bertz CT molecular complexity index is 937. The lowest BCUT2D eigenvalue weighted by molar-refractivity contribution is 0.0196. The van der Waals surface area contributed by atoms with Gasteiger partial charge in [-0.25, -0.2) is 13.8 Å². The zero-order valence-electron chi connectivity index (χ0n) is 15.4. The second-order valence-electron chi connectivity index (χ2n) is 7.91. The third-order valence-corrected chi connectivity index (χ3v) is 5.55. The molecule has 2 aliphatic carbocycles. The molecule has 4 rings (SSSR count). The number of pyridine rings is 1. The molecule has 0 aliphatic heterocycles. The molecule has 2 aromatic rings. The molecule has 2 aliphatic rings. The molecule has 2 saturated carbocycles. The van der Waals surface area contributed by atoms with E-state index in [4.69, 9.17) is 11.6 Å². The molecule has 148 valence electrons. The van der Waals surface area contributed by atoms with Crippen molar-refractivity contribution in [1.82, 2.24) is 14.8 Å². The molecule has 0 spiro atoms. The summed E-state index contributed by atoms with van der Waals surface area (Å²) in [5, 5.41) is 17.9. The monoisotopic (exact) mass is 406 g/mol. The van der Waals surface area contributed by atoms with E-state index >= 15 is 0 Å². The number of hydrogen-bond donors (Lipinski definition) is 2. The van der Waals surface area contributed by atoms with Crippen molar-refractivity contribution >= 4 is 17.3 Å². The molecular weight excluding hydrogens is 386 g/mol. The fourth-order valence-electron chi connectivity index (χ4n) is 3.45. The van der Waals surface area contributed by atoms with Gasteiger partial charge in [-0.05, 0) is 38.7 Å². The highest BCUT2D eigenvalue weighted by atomic mass is 35.5. The molecule has 0 unspecified atom stereocenters. The first-order chi connectivity index (χ1) is 13.2. The van der Waals surface area contributed by atoms with Crippen LogP contribution in [0, 0.1) is 11.8 Å². The Hall–Kier alpha value is -2.17. The molecule has 2 N–H and O–H groups in total. The van der Waals surface area contributed by atoms with Crippen LogP contribution in [0.4, 0.5) is 14.5 Å². The number of aromatic nitrogens is 3. The first kappa shape index (κ1) is 19.2. The van der Waals surface area contributed by atoms with Crippen LogP contribution in [0.5, 0.6) is 0 Å². The van der Waals surface area contributed by atoms with Gasteiger partial charge in [-0.2, -0.15) is 5.10 Å². The lowest BCUT2D eigenvalue weighted by Crippen LogP contribution is -2.35. The predicted octanol–water partition coefficient (Wildman–Crippen LogP) is 4.02. The Morgan fingerprint density at radius 3 is 2.68 bits per heavy atom. The van der Waals surface area contributed by atoms with Gasteiger partial charge in [0.1, 0.15) is 11.2 Å². The van der Waals surface area contributed by atoms with E-state index in [0.717, 1.165) is 31.4 Å². The SMILES string of the molecule is CC1(O)CCC(Nc2cc(Cl)ncc2C#Cc2cnn([C@H]3CC3(F)F)c2)CC1. The quantitative estimate of drug-likeness (QED) is 0.597. The fraction of sp³-hybridized carbons (Fsp3) is 0.500. The minimum Gasteiger partial charge on any atom is -0.390 e. The number of nitrogens with zero attached hydrogens (tertiary/aromatic N) is 3. The van der Waals surface area contributed by atoms with Gasteiger partial charge in [0.25, 0.3) is 5.92 Å². The van der Waals surface area contributed by atoms with Crippen LogP contribution in [0.1, 0.15) is 56.2 Å². The average Bonchev–Trinajstić information content (AvgIpc) is 3.04. The van der Waals surface area contributed by atoms with Crippen molar-refractivity contribution in [2.75, 3.05) is 5.32 Å². The summed E-state index contributed by atoms with van der Waals surface area (Å²) in [6, 6.07) is 1.09. The molecule has 0 bridgehead atoms. The van der Waals surface area contributed by atoms with Gasteiger partial charge in [-0.15, -0.1) is 0 Å². The van der Waals surface area contributed by atoms with Gasteiger partial charge >= 0.3 is 0 Å². The van der Waals surface area contributed by atoms with Gasteiger partial charge in [0.05, 0.1) is 28.6 Å². The van der Waals surface area contributed by atoms with Crippen molar-refractivity contribution in [1.29, 1.82) is 0 Å². The van der Waals surface area contributed by atoms with Gasteiger partial charge in [0.15, 0.2) is 0 Å². The molecule has 0 amide bonds. The molecule has 0 radical (unpaired) electrons. The highest BCUT2D eigenvalue weighted by Crippen LogP contribution is 2.52. The molecular formula is C20H21ClF2N4O. The first-order valence-electron chi connectivity index (χ1n) is 9.30. The van der Waals surface area contributed by atoms with E-state index in [1.807, 2.05) is 6.92 Å². The van der Waals surface area contributed by atoms with Crippen molar-refractivity contribution in [2.45, 2.75) is 62.6 Å². The van der Waals surface area contributed by atoms with Crippen LogP contribution in [0.3, 0.4) is 0 Å². The largest absolute Gasteiger partial charge is 0.390 e. The van der Waals surface area contributed by atoms with Gasteiger partial charge in [-0.3, -0.25) is 4.68 Å². The number of nitrogens with one attached hydrogen (secondary N) is 1. The Labute approximate surface area is 167 Å². The van der Waals surface area contributed by atoms with Crippen molar-refractivity contribution in [3.8, 4) is 11.8 Å². The predicted molar refractivity (Wildman–Crippen MR) is 103 cm³/mol. The number of halogens is 3. The average molecular weight is 407 g/mol. The number of anilines is 1. The Morgan fingerprint density at radius 2 is 2.00 bits per heavy atom. The zero-order valence-corrected chi connectivity index (χ0v) is 16.2. The molecule has 2 heterocycles. The summed E-state index contributed by atoms with van der Waals surface area (Å²) < 4.78 is 27.6. The number of rotatable bonds is 3. The first-order valence-corrected chi connectivity index (χ1v) is 9.68. The van der Waals surface area contributed by atoms with Crippen LogP contribution >= 0.6 is 11.6 Å².